The minimum Gasteiger partial charge on any atom is -0.492 e. The maximum Gasteiger partial charge on any atom is 0.411 e. The minimum absolute atomic E-state index is 0.0325. The zero-order chi connectivity index (χ0) is 84.3. The molecule has 4 saturated heterocycles. The van der Waals surface area contributed by atoms with Crippen LogP contribution in [-0.4, -0.2) is 292 Å². The molecule has 0 spiro atoms. The fraction of sp³-hybridized carbons (Fsp3) is 0.537. The minimum atomic E-state index is -2.16. The molecule has 4 aliphatic heterocycles. The first-order valence-corrected chi connectivity index (χ1v) is 43.0. The number of halogens is 1. The van der Waals surface area contributed by atoms with Gasteiger partial charge in [0, 0.05) is 69.2 Å². The summed E-state index contributed by atoms with van der Waals surface area (Å²) in [7, 11) is 9.47. The van der Waals surface area contributed by atoms with Crippen molar-refractivity contribution in [2.75, 3.05) is 107 Å². The Morgan fingerprint density at radius 3 is 2.14 bits per heavy atom. The van der Waals surface area contributed by atoms with Gasteiger partial charge in [-0.1, -0.05) is 102 Å². The molecule has 642 valence electrons. The number of fused-ring (bicyclic) bond motifs is 5. The van der Waals surface area contributed by atoms with Crippen LogP contribution in [0.15, 0.2) is 113 Å². The molecule has 0 unspecified atom stereocenters. The number of nitrogens with one attached hydrogen (secondary N) is 4. The lowest BCUT2D eigenvalue weighted by Gasteiger charge is -2.47. The summed E-state index contributed by atoms with van der Waals surface area (Å²) < 4.78 is 91.2. The van der Waals surface area contributed by atoms with Gasteiger partial charge in [0.15, 0.2) is 41.8 Å². The normalized spacial score (nSPS) is 29.2. The predicted octanol–water partition coefficient (Wildman–Crippen LogP) is 5.40. The zero-order valence-electron chi connectivity index (χ0n) is 66.9. The summed E-state index contributed by atoms with van der Waals surface area (Å²) in [6.07, 6.45) is -14.2. The largest absolute Gasteiger partial charge is 0.492 e. The number of nitrogens with zero attached hydrogens (tertiary/aromatic N) is 2. The number of thiol groups is 1. The van der Waals surface area contributed by atoms with Crippen molar-refractivity contribution < 1.29 is 126 Å². The van der Waals surface area contributed by atoms with Gasteiger partial charge in [0.1, 0.15) is 53.3 Å². The van der Waals surface area contributed by atoms with Gasteiger partial charge >= 0.3 is 12.2 Å². The van der Waals surface area contributed by atoms with Crippen molar-refractivity contribution in [2.45, 2.75) is 180 Å². The number of ketones is 1. The van der Waals surface area contributed by atoms with E-state index in [1.807, 2.05) is 70.8 Å². The van der Waals surface area contributed by atoms with Crippen molar-refractivity contribution in [1.29, 1.82) is 0 Å². The predicted molar refractivity (Wildman–Crippen MR) is 444 cm³/mol. The number of hydrogen-bond donors (Lipinski definition) is 11. The van der Waals surface area contributed by atoms with Crippen molar-refractivity contribution >= 4 is 84.5 Å². The molecule has 3 amide bonds. The molecule has 36 heteroatoms. The molecule has 4 fully saturated rings. The first-order valence-electron chi connectivity index (χ1n) is 38.6. The van der Waals surface area contributed by atoms with Gasteiger partial charge < -0.3 is 112 Å². The third-order valence-corrected chi connectivity index (χ3v) is 26.0. The van der Waals surface area contributed by atoms with Crippen molar-refractivity contribution in [3.05, 3.63) is 134 Å². The van der Waals surface area contributed by atoms with E-state index in [0.717, 1.165) is 29.4 Å². The van der Waals surface area contributed by atoms with E-state index >= 15 is 0 Å². The van der Waals surface area contributed by atoms with E-state index in [4.69, 9.17) is 75.9 Å². The number of aliphatic hydroxyl groups is 6. The van der Waals surface area contributed by atoms with Crippen LogP contribution in [0, 0.1) is 34.2 Å². The Kier molecular flexibility index (Phi) is 34.1. The van der Waals surface area contributed by atoms with Crippen LogP contribution < -0.4 is 35.6 Å². The molecule has 11 rings (SSSR count). The third-order valence-electron chi connectivity index (χ3n) is 21.0. The summed E-state index contributed by atoms with van der Waals surface area (Å²) in [6, 6.07) is 20.0. The monoisotopic (exact) mass is 1810 g/mol. The molecule has 2 bridgehead atoms. The van der Waals surface area contributed by atoms with Crippen molar-refractivity contribution in [2.24, 2.45) is 0 Å². The van der Waals surface area contributed by atoms with Crippen LogP contribution in [0.3, 0.4) is 0 Å². The first-order chi connectivity index (χ1) is 56.9. The number of likely N-dealkylation sites (N-methyl/N-ethyl adjacent to an activating group) is 1. The molecule has 32 nitrogen and oxygen atoms in total. The first kappa shape index (κ1) is 91.9. The van der Waals surface area contributed by atoms with Gasteiger partial charge in [-0.3, -0.25) is 24.6 Å². The number of carbonyl (C=O) groups excluding carboxylic acids is 4. The Balaban J connectivity index is 0.750. The van der Waals surface area contributed by atoms with Gasteiger partial charge in [0.05, 0.1) is 130 Å². The fourth-order valence-corrected chi connectivity index (χ4v) is 18.6. The molecule has 0 radical (unpaired) electrons. The van der Waals surface area contributed by atoms with Gasteiger partial charge in [0.2, 0.25) is 17.9 Å². The Bertz CT molecular complexity index is 4340. The fourth-order valence-electron chi connectivity index (χ4n) is 15.0. The van der Waals surface area contributed by atoms with E-state index in [-0.39, 0.29) is 146 Å². The second-order valence-electron chi connectivity index (χ2n) is 28.5. The van der Waals surface area contributed by atoms with Gasteiger partial charge in [0.25, 0.3) is 0 Å². The van der Waals surface area contributed by atoms with Gasteiger partial charge in [-0.2, -0.15) is 16.8 Å². The van der Waals surface area contributed by atoms with Gasteiger partial charge in [-0.15, -0.1) is 0 Å². The molecular weight excluding hydrogens is 1710 g/mol. The van der Waals surface area contributed by atoms with E-state index in [0.29, 0.717) is 20.7 Å². The van der Waals surface area contributed by atoms with Crippen molar-refractivity contribution in [3.63, 3.8) is 0 Å². The Hall–Kier alpha value is -6.88. The molecule has 5 heterocycles. The second kappa shape index (κ2) is 43.8. The standard InChI is InChI=1S/C82H103IN6O26S3/c1-11-89(41-59(92)84-31-33-105-35-36-106-34-32-86-80(97)108-42-52-50-24-17-15-22-48(50)49-23-16-18-25-51(49)52)54-43-107-61(39-58(54)100-6)113-74-69(94)66(45(3)110-79(74)112-57-26-14-12-13-20-29-82(99)40-56(91)67(87-81(98)104-10)64(57)53(82)28-37-116-118-60-27-19-21-30-85-60)88-115-62-38-55(90)76(47(5)109-62)117-77(96)63-44(2)65(83)72(75(103-9)71(63)101-7)114-78-70(95)73(102-8)68(93)46(4)111-78/h12-13,15-19,21-25,27-28,30,45-47,52,54-55,57-58,61-62,66,68-70,73-74,76,78-79,88,90,93-96,99,117H,11,31-43H2,1-10H3,(H,84,92)(H,86,97)(H,87,98)/b13-12?,53-28+/t45-,46+,47-,54+,55+,57+,58+,61+,62+,66-,68+,69+,70-,73-,74-,76-,78+,79+,82+/m1/s1. The van der Waals surface area contributed by atoms with Gasteiger partial charge in [-0.25, -0.2) is 14.6 Å². The highest BCUT2D eigenvalue weighted by atomic mass is 127. The molecular formula is C82H103IN6O26S3. The van der Waals surface area contributed by atoms with Crippen LogP contribution in [-0.2, 0) is 71.3 Å². The highest BCUT2D eigenvalue weighted by molar-refractivity contribution is 14.1. The summed E-state index contributed by atoms with van der Waals surface area (Å²) in [5, 5.41) is 79.4. The smallest absolute Gasteiger partial charge is 0.411 e. The average Bonchev–Trinajstić information content (AvgIpc) is 0.941. The lowest BCUT2D eigenvalue weighted by Crippen LogP contribution is -2.65. The Labute approximate surface area is 710 Å². The molecule has 3 aromatic carbocycles. The van der Waals surface area contributed by atoms with Crippen molar-refractivity contribution in [3.8, 4) is 52.1 Å². The number of rotatable bonds is 35. The number of hydrogen-bond acceptors (Lipinski definition) is 30. The van der Waals surface area contributed by atoms with Crippen LogP contribution >= 0.6 is 55.5 Å². The number of ether oxygens (including phenoxy) is 15. The van der Waals surface area contributed by atoms with Crippen LogP contribution in [0.4, 0.5) is 9.59 Å². The summed E-state index contributed by atoms with van der Waals surface area (Å²) in [4.78, 5) is 66.5. The topological polar surface area (TPSA) is 402 Å². The number of aliphatic hydroxyl groups excluding tert-OH is 5. The van der Waals surface area contributed by atoms with E-state index in [1.165, 1.54) is 62.2 Å². The number of benzene rings is 3. The summed E-state index contributed by atoms with van der Waals surface area (Å²) in [5.41, 5.74) is 5.69. The number of carbonyl (C=O) groups is 4. The third kappa shape index (κ3) is 22.3. The maximum absolute atomic E-state index is 14.5. The summed E-state index contributed by atoms with van der Waals surface area (Å²) in [6.45, 7) is 10.4. The Morgan fingerprint density at radius 1 is 0.780 bits per heavy atom. The molecule has 118 heavy (non-hydrogen) atoms. The number of aromatic nitrogens is 1. The number of hydroxylamine groups is 1. The molecule has 19 atom stereocenters. The Morgan fingerprint density at radius 2 is 1.47 bits per heavy atom. The van der Waals surface area contributed by atoms with Crippen LogP contribution in [0.5, 0.6) is 17.2 Å². The van der Waals surface area contributed by atoms with Crippen LogP contribution in [0.1, 0.15) is 75.1 Å². The van der Waals surface area contributed by atoms with Crippen molar-refractivity contribution in [1.82, 2.24) is 31.3 Å². The quantitative estimate of drug-likeness (QED) is 0.00522. The summed E-state index contributed by atoms with van der Waals surface area (Å²) >= 11 is 2.24. The maximum atomic E-state index is 14.5. The lowest BCUT2D eigenvalue weighted by atomic mass is 9.75. The number of alkyl carbamates (subject to hydrolysis) is 2. The number of Topliss-reactive ketones (excluding diaryl/α,β-unsaturated/α-hetero) is 1. The SMILES string of the molecule is CCN(CC(=O)NCCOCCOCCNC(=O)OCC1c2ccccc2-c2ccccc21)[C@H]1CO[C@@H](O[C@H]2[C@H](O[C@H]3C#CC=CC#C[C@]4(O)CC(=O)C(NC(=O)OC)=C3/C4=C\CSSc3ccccn3)O[C@H](C)[C@@H](NO[C@H]3C[C@H](O)[C@H]([SH]=C(O)c4c(C)c(I)c(O[C@@H]5O[C@@H](C)[C@H](O)[C@@H](OC)[C@H]5O)c(OC)c4OC)[C@@H](C)O3)[C@@H]2O)C[C@@H]1OC. The average molecular weight is 1810 g/mol. The highest BCUT2D eigenvalue weighted by Crippen LogP contribution is 2.49. The van der Waals surface area contributed by atoms with Crippen LogP contribution in [0.25, 0.3) is 11.1 Å². The second-order valence-corrected chi connectivity index (χ2v) is 33.2. The molecule has 10 N–H and O–H groups in total. The highest BCUT2D eigenvalue weighted by Gasteiger charge is 2.53. The number of allylic oxidation sites excluding steroid dienone is 3. The van der Waals surface area contributed by atoms with Gasteiger partial charge in [-0.05, 0) is 120 Å². The zero-order valence-corrected chi connectivity index (χ0v) is 71.6. The molecule has 4 aromatic rings. The number of pyridine rings is 1. The molecule has 7 aliphatic rings. The molecule has 0 saturated carbocycles. The van der Waals surface area contributed by atoms with Crippen LogP contribution in [0.2, 0.25) is 0 Å². The van der Waals surface area contributed by atoms with E-state index < -0.39 is 140 Å². The summed E-state index contributed by atoms with van der Waals surface area (Å²) in [5.74, 6) is 10.9. The molecule has 3 aliphatic carbocycles. The number of amides is 3. The lowest BCUT2D eigenvalue weighted by molar-refractivity contribution is -0.337. The molecule has 1 aromatic heterocycles. The van der Waals surface area contributed by atoms with E-state index in [9.17, 15) is 49.8 Å². The number of methoxy groups -OCH3 is 5. The van der Waals surface area contributed by atoms with E-state index in [2.05, 4.69) is 74.4 Å². The van der Waals surface area contributed by atoms with E-state index in [1.54, 1.807) is 46.0 Å².